The van der Waals surface area contributed by atoms with Gasteiger partial charge in [-0.05, 0) is 24.6 Å². The number of aliphatic hydroxyl groups excluding tert-OH is 1. The van der Waals surface area contributed by atoms with Crippen LogP contribution in [0, 0.1) is 0 Å². The summed E-state index contributed by atoms with van der Waals surface area (Å²) in [5, 5.41) is 9.14. The van der Waals surface area contributed by atoms with E-state index < -0.39 is 0 Å². The van der Waals surface area contributed by atoms with Crippen LogP contribution in [0.25, 0.3) is 0 Å². The van der Waals surface area contributed by atoms with Gasteiger partial charge < -0.3 is 14.9 Å². The zero-order valence-corrected chi connectivity index (χ0v) is 11.9. The monoisotopic (exact) mass is 312 g/mol. The molecule has 1 aromatic carbocycles. The van der Waals surface area contributed by atoms with E-state index in [9.17, 15) is 4.79 Å². The second-order valence-corrected chi connectivity index (χ2v) is 5.38. The summed E-state index contributed by atoms with van der Waals surface area (Å²) >= 11 is 3.44. The highest BCUT2D eigenvalue weighted by Crippen LogP contribution is 2.25. The number of likely N-dealkylation sites (N-methyl/N-ethyl adjacent to an activating group) is 1. The topological polar surface area (TPSA) is 43.8 Å². The highest BCUT2D eigenvalue weighted by atomic mass is 79.9. The lowest BCUT2D eigenvalue weighted by atomic mass is 10.1. The Kier molecular flexibility index (Phi) is 4.24. The van der Waals surface area contributed by atoms with Gasteiger partial charge in [0.05, 0.1) is 0 Å². The molecule has 0 bridgehead atoms. The van der Waals surface area contributed by atoms with Crippen LogP contribution in [-0.2, 0) is 4.79 Å². The van der Waals surface area contributed by atoms with Crippen LogP contribution in [0.2, 0.25) is 0 Å². The van der Waals surface area contributed by atoms with Gasteiger partial charge in [0.2, 0.25) is 5.91 Å². The Hall–Kier alpha value is -1.07. The lowest BCUT2D eigenvalue weighted by Crippen LogP contribution is -2.56. The molecule has 5 heteroatoms. The largest absolute Gasteiger partial charge is 0.396 e. The number of hydrogen-bond donors (Lipinski definition) is 1. The van der Waals surface area contributed by atoms with E-state index >= 15 is 0 Å². The van der Waals surface area contributed by atoms with Crippen LogP contribution >= 0.6 is 15.9 Å². The summed E-state index contributed by atoms with van der Waals surface area (Å²) in [5.41, 5.74) is 1.02. The maximum Gasteiger partial charge on any atom is 0.245 e. The molecule has 1 heterocycles. The quantitative estimate of drug-likeness (QED) is 0.919. The first kappa shape index (κ1) is 13.4. The molecule has 0 aliphatic carbocycles. The van der Waals surface area contributed by atoms with Crippen molar-refractivity contribution in [2.24, 2.45) is 0 Å². The number of aliphatic hydroxyl groups is 1. The van der Waals surface area contributed by atoms with Gasteiger partial charge in [-0.3, -0.25) is 4.79 Å². The smallest absolute Gasteiger partial charge is 0.245 e. The van der Waals surface area contributed by atoms with Gasteiger partial charge in [0.1, 0.15) is 6.04 Å². The number of carbonyl (C=O) groups excluding carboxylic acids is 1. The molecule has 1 fully saturated rings. The Morgan fingerprint density at radius 3 is 2.89 bits per heavy atom. The number of anilines is 1. The van der Waals surface area contributed by atoms with Crippen molar-refractivity contribution in [3.8, 4) is 0 Å². The summed E-state index contributed by atoms with van der Waals surface area (Å²) < 4.78 is 0.995. The molecule has 1 saturated heterocycles. The highest BCUT2D eigenvalue weighted by molar-refractivity contribution is 9.10. The zero-order valence-electron chi connectivity index (χ0n) is 10.3. The standard InChI is InChI=1S/C13H17BrN2O2/c1-15-6-7-16(12(5-8-17)13(15)18)11-4-2-3-10(14)9-11/h2-4,9,12,17H,5-8H2,1H3. The Morgan fingerprint density at radius 1 is 1.44 bits per heavy atom. The van der Waals surface area contributed by atoms with Crippen molar-refractivity contribution in [3.63, 3.8) is 0 Å². The fourth-order valence-electron chi connectivity index (χ4n) is 2.28. The molecule has 0 radical (unpaired) electrons. The molecule has 1 aliphatic heterocycles. The van der Waals surface area contributed by atoms with Crippen molar-refractivity contribution in [1.29, 1.82) is 0 Å². The molecule has 0 aromatic heterocycles. The molecule has 1 N–H and O–H groups in total. The highest BCUT2D eigenvalue weighted by Gasteiger charge is 2.32. The van der Waals surface area contributed by atoms with Gasteiger partial charge in [-0.25, -0.2) is 0 Å². The molecule has 0 spiro atoms. The van der Waals surface area contributed by atoms with Crippen LogP contribution in [0.4, 0.5) is 5.69 Å². The second-order valence-electron chi connectivity index (χ2n) is 4.46. The molecule has 1 atom stereocenters. The van der Waals surface area contributed by atoms with Crippen molar-refractivity contribution in [1.82, 2.24) is 4.90 Å². The maximum absolute atomic E-state index is 12.1. The molecule has 1 aliphatic rings. The molecule has 0 saturated carbocycles. The SMILES string of the molecule is CN1CCN(c2cccc(Br)c2)C(CCO)C1=O. The lowest BCUT2D eigenvalue weighted by molar-refractivity contribution is -0.133. The minimum Gasteiger partial charge on any atom is -0.396 e. The predicted molar refractivity (Wildman–Crippen MR) is 74.6 cm³/mol. The van der Waals surface area contributed by atoms with E-state index in [4.69, 9.17) is 5.11 Å². The van der Waals surface area contributed by atoms with Crippen molar-refractivity contribution in [2.45, 2.75) is 12.5 Å². The molecule has 1 amide bonds. The minimum atomic E-state index is -0.261. The van der Waals surface area contributed by atoms with Crippen LogP contribution < -0.4 is 4.90 Å². The number of nitrogens with zero attached hydrogens (tertiary/aromatic N) is 2. The number of rotatable bonds is 3. The van der Waals surface area contributed by atoms with E-state index in [0.29, 0.717) is 13.0 Å². The Morgan fingerprint density at radius 2 is 2.22 bits per heavy atom. The lowest BCUT2D eigenvalue weighted by Gasteiger charge is -2.40. The number of halogens is 1. The summed E-state index contributed by atoms with van der Waals surface area (Å²) in [6, 6.07) is 7.65. The summed E-state index contributed by atoms with van der Waals surface area (Å²) in [5.74, 6) is 0.0790. The van der Waals surface area contributed by atoms with Crippen LogP contribution in [0.1, 0.15) is 6.42 Å². The zero-order chi connectivity index (χ0) is 13.1. The maximum atomic E-state index is 12.1. The molecule has 2 rings (SSSR count). The van der Waals surface area contributed by atoms with Crippen molar-refractivity contribution in [2.75, 3.05) is 31.6 Å². The summed E-state index contributed by atoms with van der Waals surface area (Å²) in [6.07, 6.45) is 0.468. The molecule has 1 unspecified atom stereocenters. The summed E-state index contributed by atoms with van der Waals surface area (Å²) in [4.78, 5) is 15.9. The number of benzene rings is 1. The van der Waals surface area contributed by atoms with Gasteiger partial charge >= 0.3 is 0 Å². The van der Waals surface area contributed by atoms with Gasteiger partial charge in [-0.15, -0.1) is 0 Å². The van der Waals surface area contributed by atoms with Crippen LogP contribution in [0.5, 0.6) is 0 Å². The van der Waals surface area contributed by atoms with E-state index in [2.05, 4.69) is 20.8 Å². The van der Waals surface area contributed by atoms with Crippen LogP contribution in [-0.4, -0.2) is 48.7 Å². The number of carbonyl (C=O) groups is 1. The average Bonchev–Trinajstić information content (AvgIpc) is 2.35. The number of piperazine rings is 1. The first-order chi connectivity index (χ1) is 8.63. The van der Waals surface area contributed by atoms with Crippen molar-refractivity contribution >= 4 is 27.5 Å². The summed E-state index contributed by atoms with van der Waals surface area (Å²) in [6.45, 7) is 1.53. The molecular formula is C13H17BrN2O2. The average molecular weight is 313 g/mol. The normalized spacial score (nSPS) is 20.4. The third kappa shape index (κ3) is 2.67. The third-order valence-electron chi connectivity index (χ3n) is 3.26. The predicted octanol–water partition coefficient (Wildman–Crippen LogP) is 1.48. The molecular weight excluding hydrogens is 296 g/mol. The van der Waals surface area contributed by atoms with E-state index in [1.807, 2.05) is 31.3 Å². The molecule has 4 nitrogen and oxygen atoms in total. The van der Waals surface area contributed by atoms with Gasteiger partial charge in [0.15, 0.2) is 0 Å². The minimum absolute atomic E-state index is 0.0226. The van der Waals surface area contributed by atoms with E-state index in [1.165, 1.54) is 0 Å². The van der Waals surface area contributed by atoms with Crippen molar-refractivity contribution in [3.05, 3.63) is 28.7 Å². The van der Waals surface area contributed by atoms with Crippen LogP contribution in [0.15, 0.2) is 28.7 Å². The molecule has 18 heavy (non-hydrogen) atoms. The van der Waals surface area contributed by atoms with E-state index in [1.54, 1.807) is 4.90 Å². The Balaban J connectivity index is 2.27. The first-order valence-corrected chi connectivity index (χ1v) is 6.81. The fourth-order valence-corrected chi connectivity index (χ4v) is 2.66. The van der Waals surface area contributed by atoms with Gasteiger partial charge in [0.25, 0.3) is 0 Å². The van der Waals surface area contributed by atoms with Gasteiger partial charge in [0, 0.05) is 36.9 Å². The Labute approximate surface area is 115 Å². The number of amides is 1. The van der Waals surface area contributed by atoms with E-state index in [0.717, 1.165) is 16.7 Å². The third-order valence-corrected chi connectivity index (χ3v) is 3.75. The van der Waals surface area contributed by atoms with Crippen LogP contribution in [0.3, 0.4) is 0 Å². The van der Waals surface area contributed by atoms with Crippen molar-refractivity contribution < 1.29 is 9.90 Å². The van der Waals surface area contributed by atoms with Gasteiger partial charge in [-0.1, -0.05) is 22.0 Å². The molecule has 1 aromatic rings. The van der Waals surface area contributed by atoms with Gasteiger partial charge in [-0.2, -0.15) is 0 Å². The number of hydrogen-bond acceptors (Lipinski definition) is 3. The van der Waals surface area contributed by atoms with E-state index in [-0.39, 0.29) is 18.6 Å². The fraction of sp³-hybridized carbons (Fsp3) is 0.462. The Bertz CT molecular complexity index is 439. The molecule has 98 valence electrons. The first-order valence-electron chi connectivity index (χ1n) is 6.01. The second kappa shape index (κ2) is 5.71. The summed E-state index contributed by atoms with van der Waals surface area (Å²) in [7, 11) is 1.81.